The van der Waals surface area contributed by atoms with Gasteiger partial charge in [0.2, 0.25) is 5.91 Å². The van der Waals surface area contributed by atoms with Gasteiger partial charge in [-0.25, -0.2) is 0 Å². The zero-order valence-electron chi connectivity index (χ0n) is 21.4. The molecular weight excluding hydrogens is 430 g/mol. The number of nitrogens with zero attached hydrogens (tertiary/aromatic N) is 2. The predicted molar refractivity (Wildman–Crippen MR) is 134 cm³/mol. The fourth-order valence-electron chi connectivity index (χ4n) is 5.73. The Hall–Kier alpha value is -2.70. The minimum absolute atomic E-state index is 0.0720. The number of ether oxygens (including phenoxy) is 2. The smallest absolute Gasteiger partial charge is 0.271 e. The molecule has 4 rings (SSSR count). The summed E-state index contributed by atoms with van der Waals surface area (Å²) >= 11 is 0. The van der Waals surface area contributed by atoms with Crippen LogP contribution in [0.25, 0.3) is 10.9 Å². The highest BCUT2D eigenvalue weighted by atomic mass is 16.5. The molecule has 1 aliphatic carbocycles. The summed E-state index contributed by atoms with van der Waals surface area (Å²) < 4.78 is 13.2. The van der Waals surface area contributed by atoms with Crippen molar-refractivity contribution in [3.05, 3.63) is 23.9 Å². The van der Waals surface area contributed by atoms with Crippen LogP contribution in [-0.2, 0) is 11.3 Å². The monoisotopic (exact) mass is 469 g/mol. The van der Waals surface area contributed by atoms with Crippen LogP contribution in [0.5, 0.6) is 11.5 Å². The van der Waals surface area contributed by atoms with E-state index >= 15 is 0 Å². The molecule has 2 aromatic rings. The summed E-state index contributed by atoms with van der Waals surface area (Å²) in [5.41, 5.74) is 0.359. The summed E-state index contributed by atoms with van der Waals surface area (Å²) in [6.45, 7) is 9.42. The van der Waals surface area contributed by atoms with Crippen LogP contribution in [0.2, 0.25) is 0 Å². The lowest BCUT2D eigenvalue weighted by molar-refractivity contribution is -0.134. The van der Waals surface area contributed by atoms with Crippen LogP contribution in [0.15, 0.2) is 18.2 Å². The molecule has 2 aliphatic rings. The zero-order chi connectivity index (χ0) is 24.6. The SMILES string of the molecule is CCCCN1C(=O)c2cc3c(OC)ccc(OC)c3n2C[C@]1(C)C(=O)N[C@@H]1CCC[C@H](C)[C@H]1C. The normalized spacial score (nSPS) is 26.9. The van der Waals surface area contributed by atoms with Crippen molar-refractivity contribution in [2.45, 2.75) is 77.9 Å². The second-order valence-electron chi connectivity index (χ2n) is 10.3. The van der Waals surface area contributed by atoms with Crippen molar-refractivity contribution in [1.82, 2.24) is 14.8 Å². The Kier molecular flexibility index (Phi) is 6.83. The third kappa shape index (κ3) is 3.93. The maximum absolute atomic E-state index is 13.9. The molecule has 2 heterocycles. The average molecular weight is 470 g/mol. The van der Waals surface area contributed by atoms with Crippen molar-refractivity contribution in [2.75, 3.05) is 20.8 Å². The van der Waals surface area contributed by atoms with Crippen LogP contribution in [0.1, 0.15) is 70.3 Å². The van der Waals surface area contributed by atoms with Crippen molar-refractivity contribution >= 4 is 22.7 Å². The standard InChI is InChI=1S/C27H39N3O4/c1-7-8-14-30-25(31)21-15-19-22(33-5)12-13-23(34-6)24(19)29(21)16-27(30,4)26(32)28-20-11-9-10-17(2)18(20)3/h12-13,15,17-18,20H,7-11,14,16H2,1-6H3,(H,28,32)/t17-,18+,20+,27+/m0/s1. The van der Waals surface area contributed by atoms with Gasteiger partial charge in [0, 0.05) is 18.0 Å². The van der Waals surface area contributed by atoms with Crippen LogP contribution >= 0.6 is 0 Å². The quantitative estimate of drug-likeness (QED) is 0.643. The van der Waals surface area contributed by atoms with Crippen molar-refractivity contribution < 1.29 is 19.1 Å². The van der Waals surface area contributed by atoms with E-state index in [4.69, 9.17) is 9.47 Å². The molecule has 34 heavy (non-hydrogen) atoms. The second kappa shape index (κ2) is 9.51. The number of hydrogen-bond acceptors (Lipinski definition) is 4. The van der Waals surface area contributed by atoms with Crippen molar-refractivity contribution in [3.8, 4) is 11.5 Å². The summed E-state index contributed by atoms with van der Waals surface area (Å²) in [6.07, 6.45) is 5.10. The molecule has 0 spiro atoms. The Labute approximate surface area is 202 Å². The van der Waals surface area contributed by atoms with E-state index in [0.29, 0.717) is 42.1 Å². The largest absolute Gasteiger partial charge is 0.496 e. The van der Waals surface area contributed by atoms with E-state index in [1.54, 1.807) is 19.1 Å². The second-order valence-corrected chi connectivity index (χ2v) is 10.3. The molecule has 7 nitrogen and oxygen atoms in total. The molecule has 1 fully saturated rings. The molecule has 186 valence electrons. The number of nitrogens with one attached hydrogen (secondary N) is 1. The Morgan fingerprint density at radius 1 is 1.18 bits per heavy atom. The van der Waals surface area contributed by atoms with Gasteiger partial charge in [-0.05, 0) is 49.8 Å². The number of aromatic nitrogens is 1. The highest BCUT2D eigenvalue weighted by Crippen LogP contribution is 2.40. The average Bonchev–Trinajstić information content (AvgIpc) is 3.20. The molecule has 0 bridgehead atoms. The van der Waals surface area contributed by atoms with Crippen LogP contribution in [0, 0.1) is 11.8 Å². The van der Waals surface area contributed by atoms with Crippen LogP contribution < -0.4 is 14.8 Å². The summed E-state index contributed by atoms with van der Waals surface area (Å²) in [4.78, 5) is 29.6. The zero-order valence-corrected chi connectivity index (χ0v) is 21.4. The number of rotatable bonds is 7. The van der Waals surface area contributed by atoms with Gasteiger partial charge in [-0.3, -0.25) is 9.59 Å². The lowest BCUT2D eigenvalue weighted by atomic mass is 9.77. The van der Waals surface area contributed by atoms with E-state index in [9.17, 15) is 9.59 Å². The summed E-state index contributed by atoms with van der Waals surface area (Å²) in [6, 6.07) is 5.71. The van der Waals surface area contributed by atoms with E-state index < -0.39 is 5.54 Å². The Balaban J connectivity index is 1.78. The molecule has 2 amide bonds. The minimum atomic E-state index is -1.00. The Morgan fingerprint density at radius 2 is 1.88 bits per heavy atom. The maximum atomic E-state index is 13.9. The van der Waals surface area contributed by atoms with E-state index in [2.05, 4.69) is 26.1 Å². The van der Waals surface area contributed by atoms with Gasteiger partial charge in [-0.2, -0.15) is 0 Å². The maximum Gasteiger partial charge on any atom is 0.271 e. The number of amides is 2. The van der Waals surface area contributed by atoms with Crippen molar-refractivity contribution in [1.29, 1.82) is 0 Å². The number of carbonyl (C=O) groups excluding carboxylic acids is 2. The molecule has 1 N–H and O–H groups in total. The topological polar surface area (TPSA) is 72.8 Å². The highest BCUT2D eigenvalue weighted by molar-refractivity contribution is 6.05. The lowest BCUT2D eigenvalue weighted by Gasteiger charge is -2.45. The molecule has 0 unspecified atom stereocenters. The van der Waals surface area contributed by atoms with Crippen LogP contribution in [0.4, 0.5) is 0 Å². The van der Waals surface area contributed by atoms with Gasteiger partial charge in [0.15, 0.2) is 0 Å². The van der Waals surface area contributed by atoms with Gasteiger partial charge in [0.1, 0.15) is 22.7 Å². The molecule has 1 saturated carbocycles. The van der Waals surface area contributed by atoms with Crippen LogP contribution in [0.3, 0.4) is 0 Å². The van der Waals surface area contributed by atoms with E-state index in [1.165, 1.54) is 6.42 Å². The number of carbonyl (C=O) groups is 2. The van der Waals surface area contributed by atoms with Gasteiger partial charge in [0.05, 0.1) is 26.3 Å². The molecule has 0 saturated heterocycles. The Bertz CT molecular complexity index is 1080. The first kappa shape index (κ1) is 24.4. The van der Waals surface area contributed by atoms with Crippen LogP contribution in [-0.4, -0.2) is 53.6 Å². The predicted octanol–water partition coefficient (Wildman–Crippen LogP) is 4.61. The summed E-state index contributed by atoms with van der Waals surface area (Å²) in [5, 5.41) is 4.18. The summed E-state index contributed by atoms with van der Waals surface area (Å²) in [5.74, 6) is 2.14. The van der Waals surface area contributed by atoms with Gasteiger partial charge in [0.25, 0.3) is 5.91 Å². The number of benzene rings is 1. The van der Waals surface area contributed by atoms with Crippen molar-refractivity contribution in [3.63, 3.8) is 0 Å². The molecule has 0 radical (unpaired) electrons. The molecular formula is C27H39N3O4. The lowest BCUT2D eigenvalue weighted by Crippen LogP contribution is -2.65. The van der Waals surface area contributed by atoms with E-state index in [-0.39, 0.29) is 17.9 Å². The fourth-order valence-corrected chi connectivity index (χ4v) is 5.73. The van der Waals surface area contributed by atoms with Gasteiger partial charge in [-0.15, -0.1) is 0 Å². The van der Waals surface area contributed by atoms with E-state index in [1.807, 2.05) is 29.7 Å². The molecule has 1 aromatic heterocycles. The third-order valence-electron chi connectivity index (χ3n) is 8.20. The fraction of sp³-hybridized carbons (Fsp3) is 0.630. The first-order chi connectivity index (χ1) is 16.3. The Morgan fingerprint density at radius 3 is 2.56 bits per heavy atom. The first-order valence-electron chi connectivity index (χ1n) is 12.6. The molecule has 1 aliphatic heterocycles. The van der Waals surface area contributed by atoms with Gasteiger partial charge in [-0.1, -0.05) is 40.0 Å². The number of fused-ring (bicyclic) bond motifs is 3. The van der Waals surface area contributed by atoms with Crippen molar-refractivity contribution in [2.24, 2.45) is 11.8 Å². The molecule has 1 aromatic carbocycles. The third-order valence-corrected chi connectivity index (χ3v) is 8.20. The first-order valence-corrected chi connectivity index (χ1v) is 12.6. The molecule has 4 atom stereocenters. The number of unbranched alkanes of at least 4 members (excludes halogenated alkanes) is 1. The molecule has 7 heteroatoms. The van der Waals surface area contributed by atoms with Gasteiger partial charge >= 0.3 is 0 Å². The number of hydrogen-bond donors (Lipinski definition) is 1. The van der Waals surface area contributed by atoms with E-state index in [0.717, 1.165) is 36.6 Å². The number of methoxy groups -OCH3 is 2. The van der Waals surface area contributed by atoms with Gasteiger partial charge < -0.3 is 24.3 Å². The minimum Gasteiger partial charge on any atom is -0.496 e. The summed E-state index contributed by atoms with van der Waals surface area (Å²) in [7, 11) is 3.24. The highest BCUT2D eigenvalue weighted by Gasteiger charge is 2.48.